The van der Waals surface area contributed by atoms with Gasteiger partial charge in [-0.25, -0.2) is 4.39 Å². The van der Waals surface area contributed by atoms with E-state index in [1.54, 1.807) is 34.9 Å². The number of benzene rings is 2. The average Bonchev–Trinajstić information content (AvgIpc) is 3.14. The van der Waals surface area contributed by atoms with Crippen LogP contribution in [0.4, 0.5) is 10.1 Å². The molecule has 0 saturated heterocycles. The highest BCUT2D eigenvalue weighted by molar-refractivity contribution is 7.99. The Balaban J connectivity index is 1.59. The summed E-state index contributed by atoms with van der Waals surface area (Å²) in [6.45, 7) is 4.36. The van der Waals surface area contributed by atoms with Crippen LogP contribution in [0.1, 0.15) is 16.2 Å². The maximum atomic E-state index is 13.0. The lowest BCUT2D eigenvalue weighted by molar-refractivity contribution is -0.113. The molecular weight excluding hydrogens is 405 g/mol. The number of carbonyl (C=O) groups is 2. The molecule has 0 atom stereocenters. The van der Waals surface area contributed by atoms with E-state index in [1.165, 1.54) is 36.0 Å². The number of carbonyl (C=O) groups excluding carboxylic acids is 2. The second-order valence-electron chi connectivity index (χ2n) is 6.19. The van der Waals surface area contributed by atoms with Crippen LogP contribution < -0.4 is 10.6 Å². The molecule has 7 nitrogen and oxygen atoms in total. The van der Waals surface area contributed by atoms with Gasteiger partial charge in [0.05, 0.1) is 12.3 Å². The van der Waals surface area contributed by atoms with Gasteiger partial charge in [0, 0.05) is 17.8 Å². The fourth-order valence-electron chi connectivity index (χ4n) is 2.58. The van der Waals surface area contributed by atoms with E-state index >= 15 is 0 Å². The van der Waals surface area contributed by atoms with Gasteiger partial charge in [-0.3, -0.25) is 9.59 Å². The first-order chi connectivity index (χ1) is 14.6. The summed E-state index contributed by atoms with van der Waals surface area (Å²) in [5.74, 6) is -0.175. The second kappa shape index (κ2) is 10.4. The number of amides is 2. The van der Waals surface area contributed by atoms with E-state index in [2.05, 4.69) is 27.4 Å². The van der Waals surface area contributed by atoms with E-state index in [1.807, 2.05) is 6.07 Å². The summed E-state index contributed by atoms with van der Waals surface area (Å²) in [6, 6.07) is 14.4. The Morgan fingerprint density at radius 3 is 2.53 bits per heavy atom. The third-order valence-electron chi connectivity index (χ3n) is 4.01. The normalized spacial score (nSPS) is 10.4. The Morgan fingerprint density at radius 2 is 1.83 bits per heavy atom. The van der Waals surface area contributed by atoms with E-state index in [4.69, 9.17) is 0 Å². The van der Waals surface area contributed by atoms with E-state index in [-0.39, 0.29) is 29.9 Å². The van der Waals surface area contributed by atoms with Crippen molar-refractivity contribution >= 4 is 29.3 Å². The Kier molecular flexibility index (Phi) is 7.34. The lowest BCUT2D eigenvalue weighted by atomic mass is 10.2. The molecule has 3 rings (SSSR count). The van der Waals surface area contributed by atoms with Crippen molar-refractivity contribution in [2.24, 2.45) is 0 Å². The van der Waals surface area contributed by atoms with Gasteiger partial charge >= 0.3 is 0 Å². The van der Waals surface area contributed by atoms with Gasteiger partial charge in [-0.2, -0.15) is 0 Å². The summed E-state index contributed by atoms with van der Waals surface area (Å²) in [5, 5.41) is 14.3. The minimum Gasteiger partial charge on any atom is -0.345 e. The smallest absolute Gasteiger partial charge is 0.251 e. The van der Waals surface area contributed by atoms with Crippen molar-refractivity contribution < 1.29 is 14.0 Å². The molecule has 9 heteroatoms. The summed E-state index contributed by atoms with van der Waals surface area (Å²) in [7, 11) is 0. The monoisotopic (exact) mass is 425 g/mol. The lowest BCUT2D eigenvalue weighted by Gasteiger charge is -2.09. The molecule has 0 radical (unpaired) electrons. The highest BCUT2D eigenvalue weighted by Gasteiger charge is 2.15. The van der Waals surface area contributed by atoms with Gasteiger partial charge in [-0.1, -0.05) is 36.0 Å². The number of rotatable bonds is 9. The molecule has 0 saturated carbocycles. The van der Waals surface area contributed by atoms with Crippen molar-refractivity contribution in [2.75, 3.05) is 11.1 Å². The van der Waals surface area contributed by atoms with Gasteiger partial charge in [0.25, 0.3) is 5.91 Å². The third-order valence-corrected chi connectivity index (χ3v) is 4.98. The van der Waals surface area contributed by atoms with Gasteiger partial charge in [0.15, 0.2) is 11.0 Å². The van der Waals surface area contributed by atoms with Crippen molar-refractivity contribution in [1.29, 1.82) is 0 Å². The molecule has 2 amide bonds. The van der Waals surface area contributed by atoms with Gasteiger partial charge < -0.3 is 15.2 Å². The van der Waals surface area contributed by atoms with Crippen LogP contribution in [0.25, 0.3) is 0 Å². The zero-order valence-electron chi connectivity index (χ0n) is 16.0. The van der Waals surface area contributed by atoms with Crippen molar-refractivity contribution in [3.63, 3.8) is 0 Å². The highest BCUT2D eigenvalue weighted by atomic mass is 32.2. The summed E-state index contributed by atoms with van der Waals surface area (Å²) >= 11 is 1.21. The number of aromatic nitrogens is 3. The molecule has 0 fully saturated rings. The van der Waals surface area contributed by atoms with Gasteiger partial charge in [-0.05, 0) is 36.4 Å². The van der Waals surface area contributed by atoms with E-state index in [0.717, 1.165) is 0 Å². The van der Waals surface area contributed by atoms with E-state index in [9.17, 15) is 14.0 Å². The number of allylic oxidation sites excluding steroid dienone is 1. The minimum atomic E-state index is -0.369. The molecule has 154 valence electrons. The largest absolute Gasteiger partial charge is 0.345 e. The standard InChI is InChI=1S/C21H20FN5O2S/c1-2-12-27-18(13-23-20(29)15-6-4-3-5-7-15)25-26-21(27)30-14-19(28)24-17-10-8-16(22)9-11-17/h2-11H,1,12-14H2,(H,23,29)(H,24,28). The molecule has 1 heterocycles. The Morgan fingerprint density at radius 1 is 1.10 bits per heavy atom. The maximum Gasteiger partial charge on any atom is 0.251 e. The number of thioether (sulfide) groups is 1. The molecule has 30 heavy (non-hydrogen) atoms. The van der Waals surface area contributed by atoms with Gasteiger partial charge in [0.2, 0.25) is 5.91 Å². The number of halogens is 1. The number of anilines is 1. The topological polar surface area (TPSA) is 88.9 Å². The number of hydrogen-bond donors (Lipinski definition) is 2. The minimum absolute atomic E-state index is 0.100. The molecule has 0 aliphatic rings. The van der Waals surface area contributed by atoms with Crippen molar-refractivity contribution in [3.8, 4) is 0 Å². The highest BCUT2D eigenvalue weighted by Crippen LogP contribution is 2.18. The summed E-state index contributed by atoms with van der Waals surface area (Å²) < 4.78 is 14.7. The fourth-order valence-corrected chi connectivity index (χ4v) is 3.35. The number of nitrogens with one attached hydrogen (secondary N) is 2. The van der Waals surface area contributed by atoms with Gasteiger partial charge in [-0.15, -0.1) is 16.8 Å². The predicted molar refractivity (Wildman–Crippen MR) is 114 cm³/mol. The van der Waals surface area contributed by atoms with E-state index in [0.29, 0.717) is 28.8 Å². The van der Waals surface area contributed by atoms with Crippen molar-refractivity contribution in [2.45, 2.75) is 18.2 Å². The first-order valence-corrected chi connectivity index (χ1v) is 10.1. The van der Waals surface area contributed by atoms with Crippen LogP contribution in [0.2, 0.25) is 0 Å². The van der Waals surface area contributed by atoms with Crippen LogP contribution in [-0.2, 0) is 17.9 Å². The molecule has 1 aromatic heterocycles. The molecular formula is C21H20FN5O2S. The van der Waals surface area contributed by atoms with Gasteiger partial charge in [0.1, 0.15) is 5.82 Å². The van der Waals surface area contributed by atoms with Crippen LogP contribution >= 0.6 is 11.8 Å². The SMILES string of the molecule is C=CCn1c(CNC(=O)c2ccccc2)nnc1SCC(=O)Nc1ccc(F)cc1. The molecule has 0 unspecified atom stereocenters. The molecule has 2 N–H and O–H groups in total. The lowest BCUT2D eigenvalue weighted by Crippen LogP contribution is -2.24. The zero-order chi connectivity index (χ0) is 21.3. The first-order valence-electron chi connectivity index (χ1n) is 9.11. The molecule has 2 aromatic carbocycles. The summed E-state index contributed by atoms with van der Waals surface area (Å²) in [6.07, 6.45) is 1.69. The predicted octanol–water partition coefficient (Wildman–Crippen LogP) is 3.26. The van der Waals surface area contributed by atoms with Crippen LogP contribution in [-0.4, -0.2) is 32.3 Å². The number of nitrogens with zero attached hydrogens (tertiary/aromatic N) is 3. The van der Waals surface area contributed by atoms with Crippen LogP contribution in [0.15, 0.2) is 72.4 Å². The van der Waals surface area contributed by atoms with Crippen molar-refractivity contribution in [3.05, 3.63) is 84.5 Å². The number of hydrogen-bond acceptors (Lipinski definition) is 5. The first kappa shape index (κ1) is 21.3. The Labute approximate surface area is 177 Å². The van der Waals surface area contributed by atoms with Crippen LogP contribution in [0, 0.1) is 5.82 Å². The van der Waals surface area contributed by atoms with Crippen LogP contribution in [0.5, 0.6) is 0 Å². The fraction of sp³-hybridized carbons (Fsp3) is 0.143. The van der Waals surface area contributed by atoms with Crippen molar-refractivity contribution in [1.82, 2.24) is 20.1 Å². The van der Waals surface area contributed by atoms with E-state index < -0.39 is 0 Å². The quantitative estimate of drug-likeness (QED) is 0.406. The summed E-state index contributed by atoms with van der Waals surface area (Å²) in [4.78, 5) is 24.4. The molecule has 0 spiro atoms. The molecule has 0 aliphatic heterocycles. The Bertz CT molecular complexity index is 1020. The second-order valence-corrected chi connectivity index (χ2v) is 7.13. The zero-order valence-corrected chi connectivity index (χ0v) is 16.9. The summed E-state index contributed by atoms with van der Waals surface area (Å²) in [5.41, 5.74) is 1.07. The maximum absolute atomic E-state index is 13.0. The molecule has 0 bridgehead atoms. The van der Waals surface area contributed by atoms with Crippen LogP contribution in [0.3, 0.4) is 0 Å². The molecule has 3 aromatic rings. The third kappa shape index (κ3) is 5.77. The molecule has 0 aliphatic carbocycles. The Hall–Kier alpha value is -3.46. The average molecular weight is 425 g/mol.